The van der Waals surface area contributed by atoms with E-state index in [0.29, 0.717) is 6.54 Å². The number of benzene rings is 2. The maximum atomic E-state index is 11.9. The first-order valence-electron chi connectivity index (χ1n) is 7.79. The Kier molecular flexibility index (Phi) is 6.36. The average Bonchev–Trinajstić information content (AvgIpc) is 2.61. The normalized spacial score (nSPS) is 12.1. The van der Waals surface area contributed by atoms with Gasteiger partial charge in [-0.2, -0.15) is 0 Å². The number of hydrogen-bond acceptors (Lipinski definition) is 3. The molecule has 0 bridgehead atoms. The van der Waals surface area contributed by atoms with Gasteiger partial charge in [0.25, 0.3) is 5.91 Å². The van der Waals surface area contributed by atoms with E-state index in [1.807, 2.05) is 42.5 Å². The summed E-state index contributed by atoms with van der Waals surface area (Å²) in [6.07, 6.45) is 1.98. The molecule has 2 rings (SSSR count). The number of amides is 1. The zero-order chi connectivity index (χ0) is 16.5. The molecule has 4 heteroatoms. The van der Waals surface area contributed by atoms with Crippen LogP contribution in [0.1, 0.15) is 30.5 Å². The predicted molar refractivity (Wildman–Crippen MR) is 92.2 cm³/mol. The molecule has 2 aromatic carbocycles. The van der Waals surface area contributed by atoms with Crippen LogP contribution in [0.3, 0.4) is 0 Å². The fraction of sp³-hybridized carbons (Fsp3) is 0.263. The third kappa shape index (κ3) is 5.58. The molecule has 0 aliphatic carbocycles. The van der Waals surface area contributed by atoms with Crippen LogP contribution in [0.2, 0.25) is 0 Å². The molecule has 0 radical (unpaired) electrons. The first kappa shape index (κ1) is 16.7. The Bertz CT molecular complexity index is 636. The summed E-state index contributed by atoms with van der Waals surface area (Å²) in [5.74, 6) is -0.188. The molecular weight excluding hydrogens is 288 g/mol. The number of carbonyl (C=O) groups is 1. The van der Waals surface area contributed by atoms with Crippen molar-refractivity contribution in [2.24, 2.45) is 5.16 Å². The molecule has 0 unspecified atom stereocenters. The van der Waals surface area contributed by atoms with Gasteiger partial charge in [0.2, 0.25) is 6.10 Å². The van der Waals surface area contributed by atoms with Crippen molar-refractivity contribution < 1.29 is 9.63 Å². The molecule has 4 nitrogen and oxygen atoms in total. The number of nitrogens with zero attached hydrogens (tertiary/aromatic N) is 1. The highest BCUT2D eigenvalue weighted by Crippen LogP contribution is 2.03. The number of hydrogen-bond donors (Lipinski definition) is 1. The van der Waals surface area contributed by atoms with Crippen molar-refractivity contribution in [2.75, 3.05) is 0 Å². The summed E-state index contributed by atoms with van der Waals surface area (Å²) < 4.78 is 0. The van der Waals surface area contributed by atoms with Crippen molar-refractivity contribution in [3.05, 3.63) is 71.3 Å². The molecule has 0 heterocycles. The van der Waals surface area contributed by atoms with E-state index in [4.69, 9.17) is 4.84 Å². The first-order valence-corrected chi connectivity index (χ1v) is 7.79. The number of oxime groups is 1. The molecule has 0 spiro atoms. The van der Waals surface area contributed by atoms with Crippen molar-refractivity contribution in [1.82, 2.24) is 5.32 Å². The number of aryl methyl sites for hydroxylation is 1. The molecular formula is C19H22N2O2. The van der Waals surface area contributed by atoms with Crippen LogP contribution in [0.4, 0.5) is 0 Å². The quantitative estimate of drug-likeness (QED) is 0.630. The second-order valence-corrected chi connectivity index (χ2v) is 5.28. The molecule has 1 atom stereocenters. The van der Waals surface area contributed by atoms with E-state index in [1.54, 1.807) is 13.1 Å². The minimum atomic E-state index is -0.634. The van der Waals surface area contributed by atoms with Crippen LogP contribution in [0, 0.1) is 0 Å². The molecule has 1 amide bonds. The third-order valence-electron chi connectivity index (χ3n) is 3.49. The summed E-state index contributed by atoms with van der Waals surface area (Å²) >= 11 is 0. The third-order valence-corrected chi connectivity index (χ3v) is 3.49. The molecule has 120 valence electrons. The van der Waals surface area contributed by atoms with Gasteiger partial charge in [-0.25, -0.2) is 0 Å². The Balaban J connectivity index is 1.77. The van der Waals surface area contributed by atoms with Crippen LogP contribution in [0.15, 0.2) is 59.8 Å². The van der Waals surface area contributed by atoms with Crippen LogP contribution < -0.4 is 5.32 Å². The molecule has 0 aromatic heterocycles. The molecule has 0 aliphatic rings. The highest BCUT2D eigenvalue weighted by Gasteiger charge is 2.13. The van der Waals surface area contributed by atoms with Crippen molar-refractivity contribution in [1.29, 1.82) is 0 Å². The number of rotatable bonds is 7. The standard InChI is InChI=1S/C19H22N2O2/c1-3-16-9-11-18(12-10-16)14-21-23-15(2)19(22)20-13-17-7-5-4-6-8-17/h4-12,14-15H,3,13H2,1-2H3,(H,20,22)/b21-14-/t15-/m0/s1. The van der Waals surface area contributed by atoms with Crippen molar-refractivity contribution in [2.45, 2.75) is 32.9 Å². The van der Waals surface area contributed by atoms with Gasteiger partial charge < -0.3 is 10.2 Å². The van der Waals surface area contributed by atoms with Crippen LogP contribution in [-0.4, -0.2) is 18.2 Å². The highest BCUT2D eigenvalue weighted by molar-refractivity contribution is 5.81. The smallest absolute Gasteiger partial charge is 0.263 e. The van der Waals surface area contributed by atoms with E-state index >= 15 is 0 Å². The summed E-state index contributed by atoms with van der Waals surface area (Å²) in [6, 6.07) is 17.8. The van der Waals surface area contributed by atoms with E-state index < -0.39 is 6.10 Å². The first-order chi connectivity index (χ1) is 11.2. The SMILES string of the molecule is CCc1ccc(/C=N\O[C@@H](C)C(=O)NCc2ccccc2)cc1. The molecule has 23 heavy (non-hydrogen) atoms. The molecule has 0 aliphatic heterocycles. The summed E-state index contributed by atoms with van der Waals surface area (Å²) in [4.78, 5) is 17.1. The van der Waals surface area contributed by atoms with Crippen molar-refractivity contribution in [3.63, 3.8) is 0 Å². The van der Waals surface area contributed by atoms with Crippen molar-refractivity contribution in [3.8, 4) is 0 Å². The lowest BCUT2D eigenvalue weighted by Gasteiger charge is -2.10. The van der Waals surface area contributed by atoms with Crippen molar-refractivity contribution >= 4 is 12.1 Å². The van der Waals surface area contributed by atoms with Crippen LogP contribution in [-0.2, 0) is 22.6 Å². The largest absolute Gasteiger partial charge is 0.383 e. The zero-order valence-corrected chi connectivity index (χ0v) is 13.5. The summed E-state index contributed by atoms with van der Waals surface area (Å²) in [5, 5.41) is 6.71. The van der Waals surface area contributed by atoms with Gasteiger partial charge in [-0.1, -0.05) is 66.7 Å². The summed E-state index contributed by atoms with van der Waals surface area (Å²) in [6.45, 7) is 4.27. The molecule has 0 fully saturated rings. The van der Waals surface area contributed by atoms with Gasteiger partial charge in [0.1, 0.15) is 0 Å². The average molecular weight is 310 g/mol. The second kappa shape index (κ2) is 8.73. The zero-order valence-electron chi connectivity index (χ0n) is 13.5. The molecule has 0 saturated carbocycles. The second-order valence-electron chi connectivity index (χ2n) is 5.28. The van der Waals surface area contributed by atoms with Crippen LogP contribution in [0.5, 0.6) is 0 Å². The Morgan fingerprint density at radius 2 is 1.83 bits per heavy atom. The van der Waals surface area contributed by atoms with Gasteiger partial charge in [-0.15, -0.1) is 0 Å². The van der Waals surface area contributed by atoms with E-state index in [-0.39, 0.29) is 5.91 Å². The molecule has 0 saturated heterocycles. The van der Waals surface area contributed by atoms with Gasteiger partial charge >= 0.3 is 0 Å². The Labute approximate surface area is 137 Å². The monoisotopic (exact) mass is 310 g/mol. The molecule has 1 N–H and O–H groups in total. The predicted octanol–water partition coefficient (Wildman–Crippen LogP) is 3.30. The van der Waals surface area contributed by atoms with Gasteiger partial charge in [-0.3, -0.25) is 4.79 Å². The maximum Gasteiger partial charge on any atom is 0.263 e. The van der Waals surface area contributed by atoms with Crippen LogP contribution in [0.25, 0.3) is 0 Å². The summed E-state index contributed by atoms with van der Waals surface area (Å²) in [7, 11) is 0. The van der Waals surface area contributed by atoms with Gasteiger partial charge in [-0.05, 0) is 30.0 Å². The van der Waals surface area contributed by atoms with E-state index in [2.05, 4.69) is 29.5 Å². The van der Waals surface area contributed by atoms with E-state index in [1.165, 1.54) is 5.56 Å². The summed E-state index contributed by atoms with van der Waals surface area (Å²) in [5.41, 5.74) is 3.27. The Hall–Kier alpha value is -2.62. The van der Waals surface area contributed by atoms with Gasteiger partial charge in [0.05, 0.1) is 6.21 Å². The Morgan fingerprint density at radius 3 is 2.48 bits per heavy atom. The molecule has 2 aromatic rings. The topological polar surface area (TPSA) is 50.7 Å². The fourth-order valence-corrected chi connectivity index (χ4v) is 2.00. The minimum Gasteiger partial charge on any atom is -0.383 e. The van der Waals surface area contributed by atoms with Gasteiger partial charge in [0, 0.05) is 6.54 Å². The number of carbonyl (C=O) groups excluding carboxylic acids is 1. The fourth-order valence-electron chi connectivity index (χ4n) is 2.00. The van der Waals surface area contributed by atoms with E-state index in [0.717, 1.165) is 17.5 Å². The lowest BCUT2D eigenvalue weighted by atomic mass is 10.1. The van der Waals surface area contributed by atoms with Crippen LogP contribution >= 0.6 is 0 Å². The minimum absolute atomic E-state index is 0.188. The van der Waals surface area contributed by atoms with Gasteiger partial charge in [0.15, 0.2) is 0 Å². The maximum absolute atomic E-state index is 11.9. The Morgan fingerprint density at radius 1 is 1.13 bits per heavy atom. The lowest BCUT2D eigenvalue weighted by molar-refractivity contribution is -0.131. The highest BCUT2D eigenvalue weighted by atomic mass is 16.6. The number of nitrogens with one attached hydrogen (secondary N) is 1. The van der Waals surface area contributed by atoms with E-state index in [9.17, 15) is 4.79 Å². The lowest BCUT2D eigenvalue weighted by Crippen LogP contribution is -2.33.